The molecule has 0 bridgehead atoms. The molecular formula is C13H26S. The first-order chi connectivity index (χ1) is 6.81. The van der Waals surface area contributed by atoms with Crippen molar-refractivity contribution in [3.63, 3.8) is 0 Å². The molecular weight excluding hydrogens is 188 g/mol. The minimum atomic E-state index is 0.644. The molecule has 0 fully saturated rings. The van der Waals surface area contributed by atoms with Crippen LogP contribution in [0.5, 0.6) is 0 Å². The summed E-state index contributed by atoms with van der Waals surface area (Å²) in [5, 5.41) is 1.90. The molecule has 1 unspecified atom stereocenters. The molecule has 0 nitrogen and oxygen atoms in total. The van der Waals surface area contributed by atoms with Gasteiger partial charge in [0.1, 0.15) is 0 Å². The van der Waals surface area contributed by atoms with Crippen molar-refractivity contribution in [3.05, 3.63) is 0 Å². The summed E-state index contributed by atoms with van der Waals surface area (Å²) in [6, 6.07) is 0. The lowest BCUT2D eigenvalue weighted by atomic mass is 10.0. The van der Waals surface area contributed by atoms with Crippen LogP contribution in [0.2, 0.25) is 0 Å². The highest BCUT2D eigenvalue weighted by atomic mass is 32.1. The fraction of sp³-hybridized carbons (Fsp3) is 0.923. The minimum absolute atomic E-state index is 0.644. The van der Waals surface area contributed by atoms with Crippen molar-refractivity contribution >= 4 is 17.6 Å². The molecule has 0 saturated carbocycles. The van der Waals surface area contributed by atoms with Crippen molar-refractivity contribution in [3.8, 4) is 0 Å². The van der Waals surface area contributed by atoms with Gasteiger partial charge in [0.2, 0.25) is 0 Å². The van der Waals surface area contributed by atoms with Crippen LogP contribution in [0.1, 0.15) is 71.6 Å². The van der Waals surface area contributed by atoms with E-state index < -0.39 is 0 Å². The minimum Gasteiger partial charge on any atom is -0.0932 e. The Morgan fingerprint density at radius 1 is 0.929 bits per heavy atom. The molecule has 0 N–H and O–H groups in total. The molecule has 0 aromatic rings. The third-order valence-electron chi connectivity index (χ3n) is 2.75. The van der Waals surface area contributed by atoms with E-state index in [1.54, 1.807) is 0 Å². The molecule has 0 spiro atoms. The lowest BCUT2D eigenvalue weighted by Crippen LogP contribution is -1.93. The molecule has 0 saturated heterocycles. The summed E-state index contributed by atoms with van der Waals surface area (Å²) in [5.41, 5.74) is 0. The summed E-state index contributed by atoms with van der Waals surface area (Å²) in [6.07, 6.45) is 12.6. The van der Waals surface area contributed by atoms with Gasteiger partial charge in [-0.2, -0.15) is 0 Å². The van der Waals surface area contributed by atoms with Crippen LogP contribution >= 0.6 is 12.2 Å². The van der Waals surface area contributed by atoms with Crippen molar-refractivity contribution in [2.24, 2.45) is 5.92 Å². The molecule has 1 heteroatoms. The van der Waals surface area contributed by atoms with E-state index in [0.717, 1.165) is 0 Å². The van der Waals surface area contributed by atoms with Crippen LogP contribution < -0.4 is 0 Å². The first-order valence-electron chi connectivity index (χ1n) is 6.26. The van der Waals surface area contributed by atoms with Gasteiger partial charge < -0.3 is 0 Å². The van der Waals surface area contributed by atoms with E-state index in [0.29, 0.717) is 5.92 Å². The SMILES string of the molecule is CCCCCCCCCCC(C)C=S. The fourth-order valence-corrected chi connectivity index (χ4v) is 1.80. The number of hydrogen-bond donors (Lipinski definition) is 0. The largest absolute Gasteiger partial charge is 0.0932 e. The Kier molecular flexibility index (Phi) is 11.2. The molecule has 0 amide bonds. The van der Waals surface area contributed by atoms with E-state index in [1.807, 2.05) is 5.37 Å². The predicted molar refractivity (Wildman–Crippen MR) is 70.0 cm³/mol. The second-order valence-electron chi connectivity index (χ2n) is 4.38. The van der Waals surface area contributed by atoms with Gasteiger partial charge >= 0.3 is 0 Å². The highest BCUT2D eigenvalue weighted by Crippen LogP contribution is 2.12. The third-order valence-corrected chi connectivity index (χ3v) is 3.21. The maximum atomic E-state index is 4.90. The average Bonchev–Trinajstić information content (AvgIpc) is 2.21. The van der Waals surface area contributed by atoms with Crippen LogP contribution in [0.15, 0.2) is 0 Å². The molecule has 1 atom stereocenters. The van der Waals surface area contributed by atoms with E-state index in [1.165, 1.54) is 57.8 Å². The second kappa shape index (κ2) is 11.2. The molecule has 14 heavy (non-hydrogen) atoms. The predicted octanol–water partition coefficient (Wildman–Crippen LogP) is 5.15. The average molecular weight is 214 g/mol. The Hall–Kier alpha value is 0.0900. The molecule has 84 valence electrons. The maximum Gasteiger partial charge on any atom is -0.0157 e. The van der Waals surface area contributed by atoms with Crippen LogP contribution in [-0.2, 0) is 0 Å². The van der Waals surface area contributed by atoms with E-state index >= 15 is 0 Å². The monoisotopic (exact) mass is 214 g/mol. The summed E-state index contributed by atoms with van der Waals surface area (Å²) < 4.78 is 0. The standard InChI is InChI=1S/C13H26S/c1-3-4-5-6-7-8-9-10-11-13(2)12-14/h12-13H,3-11H2,1-2H3. The van der Waals surface area contributed by atoms with Crippen LogP contribution in [0.3, 0.4) is 0 Å². The molecule has 0 rings (SSSR count). The number of hydrogen-bond acceptors (Lipinski definition) is 1. The number of thiocarbonyl (C=S) groups is 1. The Morgan fingerprint density at radius 3 is 1.93 bits per heavy atom. The van der Waals surface area contributed by atoms with Gasteiger partial charge in [0.25, 0.3) is 0 Å². The number of rotatable bonds is 10. The van der Waals surface area contributed by atoms with Gasteiger partial charge in [-0.05, 0) is 17.7 Å². The van der Waals surface area contributed by atoms with Gasteiger partial charge in [0, 0.05) is 0 Å². The summed E-state index contributed by atoms with van der Waals surface area (Å²) in [6.45, 7) is 4.49. The molecule has 0 aromatic carbocycles. The third kappa shape index (κ3) is 10.2. The van der Waals surface area contributed by atoms with Crippen LogP contribution in [0.4, 0.5) is 0 Å². The first kappa shape index (κ1) is 14.1. The van der Waals surface area contributed by atoms with Crippen molar-refractivity contribution in [1.82, 2.24) is 0 Å². The van der Waals surface area contributed by atoms with Crippen LogP contribution in [0, 0.1) is 5.92 Å². The molecule has 0 aliphatic rings. The van der Waals surface area contributed by atoms with Gasteiger partial charge in [-0.15, -0.1) is 0 Å². The van der Waals surface area contributed by atoms with Crippen LogP contribution in [0.25, 0.3) is 0 Å². The van der Waals surface area contributed by atoms with Crippen molar-refractivity contribution < 1.29 is 0 Å². The smallest absolute Gasteiger partial charge is 0.0157 e. The van der Waals surface area contributed by atoms with Gasteiger partial charge in [0.05, 0.1) is 0 Å². The highest BCUT2D eigenvalue weighted by molar-refractivity contribution is 7.79. The van der Waals surface area contributed by atoms with E-state index in [9.17, 15) is 0 Å². The molecule has 0 heterocycles. The lowest BCUT2D eigenvalue weighted by Gasteiger charge is -2.04. The van der Waals surface area contributed by atoms with Gasteiger partial charge in [-0.1, -0.05) is 77.4 Å². The van der Waals surface area contributed by atoms with Crippen molar-refractivity contribution in [2.75, 3.05) is 0 Å². The van der Waals surface area contributed by atoms with E-state index in [4.69, 9.17) is 12.2 Å². The zero-order valence-corrected chi connectivity index (χ0v) is 10.7. The van der Waals surface area contributed by atoms with E-state index in [2.05, 4.69) is 13.8 Å². The first-order valence-corrected chi connectivity index (χ1v) is 6.73. The Balaban J connectivity index is 2.95. The number of unbranched alkanes of at least 4 members (excludes halogenated alkanes) is 7. The second-order valence-corrected chi connectivity index (χ2v) is 4.65. The molecule has 0 aromatic heterocycles. The molecule has 0 aliphatic heterocycles. The highest BCUT2D eigenvalue weighted by Gasteiger charge is 1.96. The maximum absolute atomic E-state index is 4.90. The topological polar surface area (TPSA) is 0 Å². The molecule has 0 aliphatic carbocycles. The Bertz CT molecular complexity index is 120. The summed E-state index contributed by atoms with van der Waals surface area (Å²) in [5.74, 6) is 0.644. The quantitative estimate of drug-likeness (QED) is 0.358. The van der Waals surface area contributed by atoms with Gasteiger partial charge in [-0.25, -0.2) is 0 Å². The van der Waals surface area contributed by atoms with Gasteiger partial charge in [-0.3, -0.25) is 0 Å². The normalized spacial score (nSPS) is 12.7. The van der Waals surface area contributed by atoms with Crippen LogP contribution in [-0.4, -0.2) is 5.37 Å². The van der Waals surface area contributed by atoms with Crippen molar-refractivity contribution in [1.29, 1.82) is 0 Å². The summed E-state index contributed by atoms with van der Waals surface area (Å²) in [4.78, 5) is 0. The zero-order chi connectivity index (χ0) is 10.6. The summed E-state index contributed by atoms with van der Waals surface area (Å²) in [7, 11) is 0. The van der Waals surface area contributed by atoms with Gasteiger partial charge in [0.15, 0.2) is 0 Å². The fourth-order valence-electron chi connectivity index (χ4n) is 1.67. The Labute approximate surface area is 95.5 Å². The lowest BCUT2D eigenvalue weighted by molar-refractivity contribution is 0.546. The zero-order valence-electron chi connectivity index (χ0n) is 9.93. The van der Waals surface area contributed by atoms with Crippen molar-refractivity contribution in [2.45, 2.75) is 71.6 Å². The Morgan fingerprint density at radius 2 is 1.43 bits per heavy atom. The summed E-state index contributed by atoms with van der Waals surface area (Å²) >= 11 is 4.90. The van der Waals surface area contributed by atoms with E-state index in [-0.39, 0.29) is 0 Å². The molecule has 0 radical (unpaired) electrons.